The van der Waals surface area contributed by atoms with E-state index in [4.69, 9.17) is 5.11 Å². The van der Waals surface area contributed by atoms with Gasteiger partial charge in [-0.15, -0.1) is 0 Å². The third-order valence-electron chi connectivity index (χ3n) is 3.91. The monoisotopic (exact) mass is 371 g/mol. The highest BCUT2D eigenvalue weighted by atomic mass is 32.2. The molecule has 0 aliphatic carbocycles. The molecule has 1 saturated heterocycles. The summed E-state index contributed by atoms with van der Waals surface area (Å²) < 4.78 is 22.4. The number of nitrogens with one attached hydrogen (secondary N) is 3. The lowest BCUT2D eigenvalue weighted by Crippen LogP contribution is -2.49. The Hall–Kier alpha value is -2.17. The number of aliphatic carboxylic acids is 1. The number of amides is 1. The summed E-state index contributed by atoms with van der Waals surface area (Å²) >= 11 is 0. The molecule has 9 nitrogen and oxygen atoms in total. The molecule has 0 radical (unpaired) electrons. The minimum Gasteiger partial charge on any atom is -0.508 e. The van der Waals surface area contributed by atoms with Gasteiger partial charge in [-0.3, -0.25) is 4.79 Å². The van der Waals surface area contributed by atoms with Gasteiger partial charge in [0, 0.05) is 12.3 Å². The fourth-order valence-electron chi connectivity index (χ4n) is 2.51. The molecular weight excluding hydrogens is 350 g/mol. The number of aromatic hydroxyl groups is 1. The van der Waals surface area contributed by atoms with Crippen LogP contribution in [0.15, 0.2) is 24.3 Å². The van der Waals surface area contributed by atoms with Crippen molar-refractivity contribution in [1.29, 1.82) is 0 Å². The molecule has 3 unspecified atom stereocenters. The fourth-order valence-corrected chi connectivity index (χ4v) is 3.18. The van der Waals surface area contributed by atoms with Crippen molar-refractivity contribution in [1.82, 2.24) is 16.2 Å². The molecule has 0 aromatic heterocycles. The van der Waals surface area contributed by atoms with Crippen LogP contribution in [0.3, 0.4) is 0 Å². The van der Waals surface area contributed by atoms with Crippen molar-refractivity contribution in [3.8, 4) is 5.75 Å². The summed E-state index contributed by atoms with van der Waals surface area (Å²) in [6.45, 7) is 0. The Morgan fingerprint density at radius 1 is 1.28 bits per heavy atom. The molecule has 10 heteroatoms. The number of rotatable bonds is 7. The molecule has 1 heterocycles. The number of carboxylic acids is 1. The second-order valence-electron chi connectivity index (χ2n) is 6.04. The average molecular weight is 371 g/mol. The molecule has 1 aromatic carbocycles. The zero-order valence-electron chi connectivity index (χ0n) is 13.6. The normalized spacial score (nSPS) is 21.6. The number of hydrazine groups is 1. The van der Waals surface area contributed by atoms with Crippen LogP contribution in [0.5, 0.6) is 5.75 Å². The number of carbonyl (C=O) groups excluding carboxylic acids is 1. The molecule has 138 valence electrons. The Bertz CT molecular complexity index is 734. The number of hydrogen-bond donors (Lipinski definition) is 5. The molecule has 0 spiro atoms. The van der Waals surface area contributed by atoms with E-state index in [0.29, 0.717) is 6.42 Å². The maximum atomic E-state index is 12.2. The molecule has 5 N–H and O–H groups in total. The van der Waals surface area contributed by atoms with E-state index in [0.717, 1.165) is 11.8 Å². The van der Waals surface area contributed by atoms with Crippen molar-refractivity contribution < 1.29 is 28.2 Å². The van der Waals surface area contributed by atoms with Crippen molar-refractivity contribution >= 4 is 21.7 Å². The first-order valence-electron chi connectivity index (χ1n) is 7.66. The van der Waals surface area contributed by atoms with Gasteiger partial charge in [0.1, 0.15) is 27.7 Å². The number of sulfone groups is 1. The van der Waals surface area contributed by atoms with E-state index in [1.54, 1.807) is 12.1 Å². The van der Waals surface area contributed by atoms with Gasteiger partial charge < -0.3 is 15.5 Å². The molecule has 1 aromatic rings. The van der Waals surface area contributed by atoms with Crippen molar-refractivity contribution in [2.45, 2.75) is 31.0 Å². The zero-order valence-corrected chi connectivity index (χ0v) is 14.4. The topological polar surface area (TPSA) is 145 Å². The smallest absolute Gasteiger partial charge is 0.326 e. The quantitative estimate of drug-likeness (QED) is 0.423. The van der Waals surface area contributed by atoms with Crippen LogP contribution in [0, 0.1) is 0 Å². The Morgan fingerprint density at radius 3 is 2.48 bits per heavy atom. The summed E-state index contributed by atoms with van der Waals surface area (Å²) in [5, 5.41) is 20.8. The summed E-state index contributed by atoms with van der Waals surface area (Å²) in [7, 11) is -3.32. The van der Waals surface area contributed by atoms with Crippen molar-refractivity contribution in [3.63, 3.8) is 0 Å². The van der Waals surface area contributed by atoms with E-state index in [-0.39, 0.29) is 24.0 Å². The number of benzene rings is 1. The maximum Gasteiger partial charge on any atom is 0.326 e. The van der Waals surface area contributed by atoms with Crippen LogP contribution in [-0.4, -0.2) is 54.6 Å². The third-order valence-corrected chi connectivity index (χ3v) is 4.88. The third kappa shape index (κ3) is 5.69. The maximum absolute atomic E-state index is 12.2. The van der Waals surface area contributed by atoms with E-state index < -0.39 is 33.8 Å². The van der Waals surface area contributed by atoms with E-state index in [2.05, 4.69) is 16.2 Å². The lowest BCUT2D eigenvalue weighted by molar-refractivity contribution is -0.142. The molecule has 2 rings (SSSR count). The largest absolute Gasteiger partial charge is 0.508 e. The van der Waals surface area contributed by atoms with Gasteiger partial charge in [-0.2, -0.15) is 0 Å². The van der Waals surface area contributed by atoms with Gasteiger partial charge in [-0.1, -0.05) is 12.1 Å². The lowest BCUT2D eigenvalue weighted by Gasteiger charge is -2.17. The van der Waals surface area contributed by atoms with Gasteiger partial charge in [-0.05, 0) is 30.5 Å². The number of phenolic OH excluding ortho intramolecular Hbond substituents is 1. The van der Waals surface area contributed by atoms with Crippen molar-refractivity contribution in [2.75, 3.05) is 12.0 Å². The van der Waals surface area contributed by atoms with Gasteiger partial charge >= 0.3 is 5.97 Å². The van der Waals surface area contributed by atoms with Gasteiger partial charge in [0.25, 0.3) is 0 Å². The fraction of sp³-hybridized carbons (Fsp3) is 0.467. The van der Waals surface area contributed by atoms with Crippen LogP contribution >= 0.6 is 0 Å². The van der Waals surface area contributed by atoms with Crippen molar-refractivity contribution in [3.05, 3.63) is 29.8 Å². The predicted molar refractivity (Wildman–Crippen MR) is 89.4 cm³/mol. The van der Waals surface area contributed by atoms with Crippen molar-refractivity contribution in [2.24, 2.45) is 0 Å². The van der Waals surface area contributed by atoms with Gasteiger partial charge in [-0.25, -0.2) is 24.1 Å². The molecule has 1 aliphatic rings. The summed E-state index contributed by atoms with van der Waals surface area (Å²) in [6.07, 6.45) is 1.20. The average Bonchev–Trinajstić information content (AvgIpc) is 3.00. The Balaban J connectivity index is 1.93. The van der Waals surface area contributed by atoms with Gasteiger partial charge in [0.05, 0.1) is 5.75 Å². The van der Waals surface area contributed by atoms with Crippen LogP contribution in [0.2, 0.25) is 0 Å². The molecule has 1 amide bonds. The van der Waals surface area contributed by atoms with Gasteiger partial charge in [0.15, 0.2) is 0 Å². The van der Waals surface area contributed by atoms with E-state index in [9.17, 15) is 23.1 Å². The first-order chi connectivity index (χ1) is 11.7. The number of carbonyl (C=O) groups is 2. The standard InChI is InChI=1S/C15H21N3O6S/c1-25(23,24)7-6-11(15(21)22)16-14(20)13-8-12(17-18-13)9-2-4-10(19)5-3-9/h2-5,11-13,17-19H,6-8H2,1H3,(H,16,20)(H,21,22). The first kappa shape index (κ1) is 19.2. The van der Waals surface area contributed by atoms with E-state index in [1.807, 2.05) is 0 Å². The predicted octanol–water partition coefficient (Wildman–Crippen LogP) is -0.696. The lowest BCUT2D eigenvalue weighted by atomic mass is 10.0. The molecular formula is C15H21N3O6S. The minimum atomic E-state index is -3.32. The van der Waals surface area contributed by atoms with Crippen LogP contribution in [0.25, 0.3) is 0 Å². The number of hydrogen-bond acceptors (Lipinski definition) is 7. The molecule has 3 atom stereocenters. The Kier molecular flexibility index (Phi) is 5.98. The molecule has 1 aliphatic heterocycles. The summed E-state index contributed by atoms with van der Waals surface area (Å²) in [5.41, 5.74) is 6.61. The van der Waals surface area contributed by atoms with E-state index in [1.165, 1.54) is 12.1 Å². The summed E-state index contributed by atoms with van der Waals surface area (Å²) in [5.74, 6) is -1.98. The number of phenols is 1. The SMILES string of the molecule is CS(=O)(=O)CCC(NC(=O)C1CC(c2ccc(O)cc2)NN1)C(=O)O. The van der Waals surface area contributed by atoms with Crippen LogP contribution in [-0.2, 0) is 19.4 Å². The highest BCUT2D eigenvalue weighted by Gasteiger charge is 2.32. The Labute approximate surface area is 145 Å². The molecule has 25 heavy (non-hydrogen) atoms. The first-order valence-corrected chi connectivity index (χ1v) is 9.72. The highest BCUT2D eigenvalue weighted by Crippen LogP contribution is 2.24. The second kappa shape index (κ2) is 7.81. The minimum absolute atomic E-state index is 0.138. The van der Waals surface area contributed by atoms with Gasteiger partial charge in [0.2, 0.25) is 5.91 Å². The van der Waals surface area contributed by atoms with Crippen LogP contribution in [0.1, 0.15) is 24.4 Å². The summed E-state index contributed by atoms with van der Waals surface area (Å²) in [4.78, 5) is 23.5. The number of carboxylic acid groups (broad SMARTS) is 1. The molecule has 0 saturated carbocycles. The van der Waals surface area contributed by atoms with E-state index >= 15 is 0 Å². The zero-order chi connectivity index (χ0) is 18.6. The Morgan fingerprint density at radius 2 is 1.92 bits per heavy atom. The second-order valence-corrected chi connectivity index (χ2v) is 8.30. The molecule has 1 fully saturated rings. The van der Waals surface area contributed by atoms with Crippen LogP contribution < -0.4 is 16.2 Å². The highest BCUT2D eigenvalue weighted by molar-refractivity contribution is 7.90. The summed E-state index contributed by atoms with van der Waals surface area (Å²) in [6, 6.07) is 4.43. The van der Waals surface area contributed by atoms with Crippen LogP contribution in [0.4, 0.5) is 0 Å². The molecule has 0 bridgehead atoms.